The van der Waals surface area contributed by atoms with E-state index < -0.39 is 11.7 Å². The molecule has 1 aromatic carbocycles. The first-order chi connectivity index (χ1) is 7.80. The maximum absolute atomic E-state index is 12.9. The smallest absolute Gasteiger partial charge is 0.330 e. The van der Waals surface area contributed by atoms with Crippen LogP contribution in [0, 0.1) is 11.3 Å². The second-order valence-corrected chi connectivity index (χ2v) is 5.23. The molecule has 0 bridgehead atoms. The SMILES string of the molecule is CC1(C)[C@@H](CN)[C@@H]1c1ccccc1C(F)(F)F. The van der Waals surface area contributed by atoms with Crippen molar-refractivity contribution in [3.8, 4) is 0 Å². The summed E-state index contributed by atoms with van der Waals surface area (Å²) >= 11 is 0. The first kappa shape index (κ1) is 12.4. The molecule has 0 radical (unpaired) electrons. The van der Waals surface area contributed by atoms with Gasteiger partial charge in [-0.1, -0.05) is 32.0 Å². The van der Waals surface area contributed by atoms with Crippen molar-refractivity contribution in [1.82, 2.24) is 0 Å². The Balaban J connectivity index is 2.42. The lowest BCUT2D eigenvalue weighted by molar-refractivity contribution is -0.138. The minimum absolute atomic E-state index is 0.0784. The van der Waals surface area contributed by atoms with Gasteiger partial charge in [0.15, 0.2) is 0 Å². The zero-order valence-electron chi connectivity index (χ0n) is 9.88. The van der Waals surface area contributed by atoms with Gasteiger partial charge in [0.1, 0.15) is 0 Å². The maximum atomic E-state index is 12.9. The molecule has 4 heteroatoms. The van der Waals surface area contributed by atoms with Crippen LogP contribution in [-0.4, -0.2) is 6.54 Å². The number of halogens is 3. The van der Waals surface area contributed by atoms with Crippen LogP contribution in [0.5, 0.6) is 0 Å². The molecule has 0 aromatic heterocycles. The quantitative estimate of drug-likeness (QED) is 0.846. The number of hydrogen-bond donors (Lipinski definition) is 1. The van der Waals surface area contributed by atoms with Gasteiger partial charge < -0.3 is 5.73 Å². The van der Waals surface area contributed by atoms with Gasteiger partial charge in [-0.25, -0.2) is 0 Å². The van der Waals surface area contributed by atoms with Crippen LogP contribution in [0.25, 0.3) is 0 Å². The summed E-state index contributed by atoms with van der Waals surface area (Å²) in [6.45, 7) is 4.38. The van der Waals surface area contributed by atoms with Crippen LogP contribution in [0.15, 0.2) is 24.3 Å². The third kappa shape index (κ3) is 1.95. The van der Waals surface area contributed by atoms with E-state index in [2.05, 4.69) is 0 Å². The molecule has 94 valence electrons. The molecular formula is C13H16F3N. The molecule has 1 aliphatic carbocycles. The molecule has 2 rings (SSSR count). The van der Waals surface area contributed by atoms with Gasteiger partial charge >= 0.3 is 6.18 Å². The largest absolute Gasteiger partial charge is 0.416 e. The summed E-state index contributed by atoms with van der Waals surface area (Å²) in [5.41, 5.74) is 5.36. The lowest BCUT2D eigenvalue weighted by atomic mass is 9.98. The van der Waals surface area contributed by atoms with E-state index in [0.717, 1.165) is 6.07 Å². The maximum Gasteiger partial charge on any atom is 0.416 e. The second-order valence-electron chi connectivity index (χ2n) is 5.23. The number of benzene rings is 1. The zero-order valence-corrected chi connectivity index (χ0v) is 9.88. The van der Waals surface area contributed by atoms with E-state index >= 15 is 0 Å². The fourth-order valence-electron chi connectivity index (χ4n) is 2.83. The minimum atomic E-state index is -4.28. The predicted octanol–water partition coefficient (Wildman–Crippen LogP) is 3.40. The standard InChI is InChI=1S/C13H16F3N/c1-12(2)10(7-17)11(12)8-5-3-4-6-9(8)13(14,15)16/h3-6,10-11H,7,17H2,1-2H3/t10-,11-/m0/s1. The summed E-state index contributed by atoms with van der Waals surface area (Å²) in [4.78, 5) is 0. The predicted molar refractivity (Wildman–Crippen MR) is 60.5 cm³/mol. The van der Waals surface area contributed by atoms with E-state index in [1.807, 2.05) is 13.8 Å². The van der Waals surface area contributed by atoms with Crippen LogP contribution in [0.3, 0.4) is 0 Å². The molecule has 0 amide bonds. The van der Waals surface area contributed by atoms with Crippen LogP contribution in [0.1, 0.15) is 30.9 Å². The Labute approximate surface area is 98.8 Å². The lowest BCUT2D eigenvalue weighted by Gasteiger charge is -2.13. The fraction of sp³-hybridized carbons (Fsp3) is 0.538. The molecule has 2 N–H and O–H groups in total. The van der Waals surface area contributed by atoms with Crippen LogP contribution in [-0.2, 0) is 6.18 Å². The fourth-order valence-corrected chi connectivity index (χ4v) is 2.83. The Morgan fingerprint density at radius 2 is 1.82 bits per heavy atom. The van der Waals surface area contributed by atoms with Gasteiger partial charge in [-0.3, -0.25) is 0 Å². The first-order valence-electron chi connectivity index (χ1n) is 5.66. The highest BCUT2D eigenvalue weighted by molar-refractivity contribution is 5.39. The molecule has 0 aliphatic heterocycles. The normalized spacial score (nSPS) is 26.9. The number of rotatable bonds is 2. The first-order valence-corrected chi connectivity index (χ1v) is 5.66. The van der Waals surface area contributed by atoms with Crippen LogP contribution < -0.4 is 5.73 Å². The highest BCUT2D eigenvalue weighted by Crippen LogP contribution is 2.65. The van der Waals surface area contributed by atoms with Crippen molar-refractivity contribution < 1.29 is 13.2 Å². The topological polar surface area (TPSA) is 26.0 Å². The molecule has 1 nitrogen and oxygen atoms in total. The van der Waals surface area contributed by atoms with Gasteiger partial charge in [0.05, 0.1) is 5.56 Å². The van der Waals surface area contributed by atoms with Gasteiger partial charge in [-0.05, 0) is 35.4 Å². The Bertz CT molecular complexity index is 423. The van der Waals surface area contributed by atoms with Crippen molar-refractivity contribution >= 4 is 0 Å². The molecule has 1 aliphatic rings. The summed E-state index contributed by atoms with van der Waals surface area (Å²) in [5.74, 6) is 0.0660. The second kappa shape index (κ2) is 3.73. The van der Waals surface area contributed by atoms with Crippen LogP contribution in [0.2, 0.25) is 0 Å². The van der Waals surface area contributed by atoms with E-state index in [-0.39, 0.29) is 17.3 Å². The summed E-state index contributed by atoms with van der Waals surface area (Å²) < 4.78 is 38.7. The number of nitrogens with two attached hydrogens (primary N) is 1. The molecule has 0 heterocycles. The highest BCUT2D eigenvalue weighted by Gasteiger charge is 2.58. The average molecular weight is 243 g/mol. The molecule has 1 aromatic rings. The molecule has 0 unspecified atom stereocenters. The monoisotopic (exact) mass is 243 g/mol. The van der Waals surface area contributed by atoms with Crippen molar-refractivity contribution in [2.75, 3.05) is 6.54 Å². The van der Waals surface area contributed by atoms with Gasteiger partial charge in [0, 0.05) is 0 Å². The number of hydrogen-bond acceptors (Lipinski definition) is 1. The molecule has 1 saturated carbocycles. The Morgan fingerprint density at radius 1 is 1.24 bits per heavy atom. The van der Waals surface area contributed by atoms with E-state index in [9.17, 15) is 13.2 Å². The summed E-state index contributed by atoms with van der Waals surface area (Å²) in [7, 11) is 0. The molecule has 0 saturated heterocycles. The third-order valence-electron chi connectivity index (χ3n) is 3.91. The van der Waals surface area contributed by atoms with Gasteiger partial charge in [-0.15, -0.1) is 0 Å². The Kier molecular flexibility index (Phi) is 2.73. The molecule has 0 spiro atoms. The van der Waals surface area contributed by atoms with Crippen molar-refractivity contribution in [2.45, 2.75) is 25.9 Å². The van der Waals surface area contributed by atoms with Gasteiger partial charge in [0.25, 0.3) is 0 Å². The minimum Gasteiger partial charge on any atom is -0.330 e. The third-order valence-corrected chi connectivity index (χ3v) is 3.91. The van der Waals surface area contributed by atoms with Crippen molar-refractivity contribution in [1.29, 1.82) is 0 Å². The highest BCUT2D eigenvalue weighted by atomic mass is 19.4. The van der Waals surface area contributed by atoms with Crippen molar-refractivity contribution in [2.24, 2.45) is 17.1 Å². The Hall–Kier alpha value is -1.03. The molecule has 2 atom stereocenters. The number of alkyl halides is 3. The molecule has 1 fully saturated rings. The van der Waals surface area contributed by atoms with Crippen LogP contribution in [0.4, 0.5) is 13.2 Å². The lowest BCUT2D eigenvalue weighted by Crippen LogP contribution is -2.10. The van der Waals surface area contributed by atoms with E-state index in [1.54, 1.807) is 12.1 Å². The van der Waals surface area contributed by atoms with E-state index in [4.69, 9.17) is 5.73 Å². The molecular weight excluding hydrogens is 227 g/mol. The van der Waals surface area contributed by atoms with Gasteiger partial charge in [0.2, 0.25) is 0 Å². The summed E-state index contributed by atoms with van der Waals surface area (Å²) in [6, 6.07) is 5.81. The van der Waals surface area contributed by atoms with Crippen molar-refractivity contribution in [3.05, 3.63) is 35.4 Å². The molecule has 17 heavy (non-hydrogen) atoms. The van der Waals surface area contributed by atoms with Crippen molar-refractivity contribution in [3.63, 3.8) is 0 Å². The zero-order chi connectivity index (χ0) is 12.8. The van der Waals surface area contributed by atoms with Crippen LogP contribution >= 0.6 is 0 Å². The summed E-state index contributed by atoms with van der Waals surface area (Å²) in [6.07, 6.45) is -4.28. The van der Waals surface area contributed by atoms with E-state index in [0.29, 0.717) is 12.1 Å². The summed E-state index contributed by atoms with van der Waals surface area (Å²) in [5, 5.41) is 0. The average Bonchev–Trinajstić information content (AvgIpc) is 2.79. The van der Waals surface area contributed by atoms with E-state index in [1.165, 1.54) is 6.07 Å². The van der Waals surface area contributed by atoms with Gasteiger partial charge in [-0.2, -0.15) is 13.2 Å². The Morgan fingerprint density at radius 3 is 2.29 bits per heavy atom.